The normalized spacial score (nSPS) is 9.25. The summed E-state index contributed by atoms with van der Waals surface area (Å²) in [6.45, 7) is 4.19. The highest BCUT2D eigenvalue weighted by atomic mass is 16.5. The lowest BCUT2D eigenvalue weighted by Crippen LogP contribution is -1.78. The maximum absolute atomic E-state index is 4.91. The van der Waals surface area contributed by atoms with Crippen LogP contribution in [0.1, 0.15) is 11.1 Å². The van der Waals surface area contributed by atoms with E-state index in [2.05, 4.69) is 74.5 Å². The van der Waals surface area contributed by atoms with Crippen molar-refractivity contribution in [3.05, 3.63) is 126 Å². The first-order valence-corrected chi connectivity index (χ1v) is 9.42. The van der Waals surface area contributed by atoms with E-state index >= 15 is 0 Å². The summed E-state index contributed by atoms with van der Waals surface area (Å²) in [5, 5.41) is 0. The minimum Gasteiger partial charge on any atom is -0.497 e. The third kappa shape index (κ3) is 7.92. The van der Waals surface area contributed by atoms with Crippen molar-refractivity contribution in [3.63, 3.8) is 0 Å². The Balaban J connectivity index is 0.000000161. The first-order chi connectivity index (χ1) is 13.7. The second-order valence-corrected chi connectivity index (χ2v) is 6.40. The van der Waals surface area contributed by atoms with Gasteiger partial charge in [0.25, 0.3) is 0 Å². The Morgan fingerprint density at radius 1 is 0.429 bits per heavy atom. The van der Waals surface area contributed by atoms with Crippen molar-refractivity contribution in [3.8, 4) is 16.9 Å². The van der Waals surface area contributed by atoms with Crippen molar-refractivity contribution in [2.45, 2.75) is 13.8 Å². The minimum atomic E-state index is 0.910. The lowest BCUT2D eigenvalue weighted by Gasteiger charge is -2.00. The van der Waals surface area contributed by atoms with Crippen LogP contribution in [-0.2, 0) is 0 Å². The van der Waals surface area contributed by atoms with Crippen LogP contribution in [0.2, 0.25) is 0 Å². The van der Waals surface area contributed by atoms with Crippen LogP contribution in [-0.4, -0.2) is 7.11 Å². The van der Waals surface area contributed by atoms with Gasteiger partial charge in [0, 0.05) is 0 Å². The summed E-state index contributed by atoms with van der Waals surface area (Å²) >= 11 is 0. The lowest BCUT2D eigenvalue weighted by atomic mass is 10.0. The Labute approximate surface area is 169 Å². The molecule has 0 radical (unpaired) electrons. The van der Waals surface area contributed by atoms with E-state index in [1.807, 2.05) is 54.6 Å². The van der Waals surface area contributed by atoms with Gasteiger partial charge in [0.05, 0.1) is 7.11 Å². The molecule has 0 aliphatic heterocycles. The van der Waals surface area contributed by atoms with Gasteiger partial charge in [-0.05, 0) is 37.1 Å². The van der Waals surface area contributed by atoms with Crippen LogP contribution in [0, 0.1) is 13.8 Å². The lowest BCUT2D eigenvalue weighted by molar-refractivity contribution is 0.415. The SMILES string of the molecule is COc1ccccc1.Cc1ccc(-c2ccccc2)cc1.Cc1ccccc1. The standard InChI is InChI=1S/C13H12.C7H8O.C7H8/c1-11-7-9-13(10-8-11)12-5-3-2-4-6-12;1-8-7-5-3-2-4-6-7;1-7-5-3-2-4-6-7/h2-10H,1H3;2-6H,1H3;2-6H,1H3. The summed E-state index contributed by atoms with van der Waals surface area (Å²) in [6, 6.07) is 39.0. The summed E-state index contributed by atoms with van der Waals surface area (Å²) in [5.41, 5.74) is 5.19. The van der Waals surface area contributed by atoms with Gasteiger partial charge < -0.3 is 4.74 Å². The number of hydrogen-bond acceptors (Lipinski definition) is 1. The van der Waals surface area contributed by atoms with Crippen LogP contribution >= 0.6 is 0 Å². The van der Waals surface area contributed by atoms with Crippen molar-refractivity contribution in [1.29, 1.82) is 0 Å². The van der Waals surface area contributed by atoms with Gasteiger partial charge in [-0.1, -0.05) is 114 Å². The second-order valence-electron chi connectivity index (χ2n) is 6.40. The molecule has 28 heavy (non-hydrogen) atoms. The molecule has 142 valence electrons. The molecule has 0 spiro atoms. The summed E-state index contributed by atoms with van der Waals surface area (Å²) in [4.78, 5) is 0. The van der Waals surface area contributed by atoms with E-state index in [4.69, 9.17) is 4.74 Å². The molecule has 0 aliphatic carbocycles. The number of rotatable bonds is 2. The fourth-order valence-corrected chi connectivity index (χ4v) is 2.47. The van der Waals surface area contributed by atoms with Gasteiger partial charge >= 0.3 is 0 Å². The maximum Gasteiger partial charge on any atom is 0.118 e. The number of methoxy groups -OCH3 is 1. The molecule has 0 saturated heterocycles. The zero-order valence-corrected chi connectivity index (χ0v) is 16.9. The van der Waals surface area contributed by atoms with E-state index < -0.39 is 0 Å². The molecule has 0 fully saturated rings. The van der Waals surface area contributed by atoms with Gasteiger partial charge in [0.1, 0.15) is 5.75 Å². The zero-order chi connectivity index (χ0) is 20.0. The smallest absolute Gasteiger partial charge is 0.118 e. The maximum atomic E-state index is 4.91. The number of para-hydroxylation sites is 1. The monoisotopic (exact) mass is 368 g/mol. The molecule has 0 atom stereocenters. The number of hydrogen-bond donors (Lipinski definition) is 0. The number of ether oxygens (including phenoxy) is 1. The van der Waals surface area contributed by atoms with Crippen LogP contribution in [0.3, 0.4) is 0 Å². The molecule has 1 nitrogen and oxygen atoms in total. The van der Waals surface area contributed by atoms with Crippen molar-refractivity contribution < 1.29 is 4.74 Å². The van der Waals surface area contributed by atoms with Crippen molar-refractivity contribution in [2.24, 2.45) is 0 Å². The van der Waals surface area contributed by atoms with Gasteiger partial charge in [0.15, 0.2) is 0 Å². The minimum absolute atomic E-state index is 0.910. The topological polar surface area (TPSA) is 9.23 Å². The molecule has 0 heterocycles. The highest BCUT2D eigenvalue weighted by molar-refractivity contribution is 5.63. The zero-order valence-electron chi connectivity index (χ0n) is 16.9. The van der Waals surface area contributed by atoms with E-state index in [9.17, 15) is 0 Å². The predicted molar refractivity (Wildman–Crippen MR) is 121 cm³/mol. The van der Waals surface area contributed by atoms with Gasteiger partial charge in [-0.15, -0.1) is 0 Å². The summed E-state index contributed by atoms with van der Waals surface area (Å²) < 4.78 is 4.91. The third-order valence-corrected chi connectivity index (χ3v) is 4.08. The molecule has 0 aromatic heterocycles. The van der Waals surface area contributed by atoms with Gasteiger partial charge in [0.2, 0.25) is 0 Å². The third-order valence-electron chi connectivity index (χ3n) is 4.08. The summed E-state index contributed by atoms with van der Waals surface area (Å²) in [6.07, 6.45) is 0. The molecule has 4 aromatic carbocycles. The molecule has 4 rings (SSSR count). The van der Waals surface area contributed by atoms with Crippen molar-refractivity contribution >= 4 is 0 Å². The van der Waals surface area contributed by atoms with Crippen LogP contribution in [0.4, 0.5) is 0 Å². The van der Waals surface area contributed by atoms with Crippen LogP contribution in [0.5, 0.6) is 5.75 Å². The molecule has 0 amide bonds. The molecule has 4 aromatic rings. The largest absolute Gasteiger partial charge is 0.497 e. The molecule has 0 unspecified atom stereocenters. The number of aryl methyl sites for hydroxylation is 2. The summed E-state index contributed by atoms with van der Waals surface area (Å²) in [7, 11) is 1.66. The molecule has 1 heteroatoms. The average Bonchev–Trinajstić information content (AvgIpc) is 2.77. The predicted octanol–water partition coefficient (Wildman–Crippen LogP) is 7.35. The van der Waals surface area contributed by atoms with E-state index in [0.29, 0.717) is 0 Å². The van der Waals surface area contributed by atoms with Crippen LogP contribution in [0.15, 0.2) is 115 Å². The Bertz CT molecular complexity index is 883. The van der Waals surface area contributed by atoms with E-state index in [-0.39, 0.29) is 0 Å². The van der Waals surface area contributed by atoms with E-state index in [1.165, 1.54) is 22.3 Å². The molecule has 0 aliphatic rings. The van der Waals surface area contributed by atoms with Crippen LogP contribution in [0.25, 0.3) is 11.1 Å². The molecule has 0 saturated carbocycles. The van der Waals surface area contributed by atoms with Crippen LogP contribution < -0.4 is 4.74 Å². The highest BCUT2D eigenvalue weighted by Gasteiger charge is 1.93. The molecular weight excluding hydrogens is 340 g/mol. The van der Waals surface area contributed by atoms with E-state index in [0.717, 1.165) is 5.75 Å². The molecule has 0 bridgehead atoms. The highest BCUT2D eigenvalue weighted by Crippen LogP contribution is 2.18. The summed E-state index contributed by atoms with van der Waals surface area (Å²) in [5.74, 6) is 0.910. The van der Waals surface area contributed by atoms with Gasteiger partial charge in [-0.2, -0.15) is 0 Å². The fourth-order valence-electron chi connectivity index (χ4n) is 2.47. The quantitative estimate of drug-likeness (QED) is 0.359. The number of benzene rings is 4. The fraction of sp³-hybridized carbons (Fsp3) is 0.111. The molecule has 0 N–H and O–H groups in total. The van der Waals surface area contributed by atoms with Crippen molar-refractivity contribution in [2.75, 3.05) is 7.11 Å². The van der Waals surface area contributed by atoms with Gasteiger partial charge in [-0.3, -0.25) is 0 Å². The second kappa shape index (κ2) is 12.1. The van der Waals surface area contributed by atoms with Gasteiger partial charge in [-0.25, -0.2) is 0 Å². The Morgan fingerprint density at radius 3 is 1.21 bits per heavy atom. The Morgan fingerprint density at radius 2 is 0.821 bits per heavy atom. The molecular formula is C27H28O. The van der Waals surface area contributed by atoms with Crippen molar-refractivity contribution in [1.82, 2.24) is 0 Å². The Hall–Kier alpha value is -3.32. The first kappa shape index (κ1) is 21.0. The average molecular weight is 369 g/mol. The Kier molecular flexibility index (Phi) is 9.10. The first-order valence-electron chi connectivity index (χ1n) is 9.42. The van der Waals surface area contributed by atoms with E-state index in [1.54, 1.807) is 7.11 Å².